The van der Waals surface area contributed by atoms with Crippen LogP contribution in [-0.4, -0.2) is 43.8 Å². The summed E-state index contributed by atoms with van der Waals surface area (Å²) in [6, 6.07) is 4.79. The number of hydrogen-bond donors (Lipinski definition) is 2. The first-order chi connectivity index (χ1) is 12.6. The summed E-state index contributed by atoms with van der Waals surface area (Å²) in [5.74, 6) is 2.10. The Balaban J connectivity index is 0.00000261. The lowest BCUT2D eigenvalue weighted by molar-refractivity contribution is 0.391. The summed E-state index contributed by atoms with van der Waals surface area (Å²) in [4.78, 5) is 6.86. The molecule has 1 fully saturated rings. The number of halogens is 1. The predicted octanol–water partition coefficient (Wildman–Crippen LogP) is 3.91. The molecule has 1 saturated heterocycles. The number of aliphatic imine (C=N–C) groups is 1. The summed E-state index contributed by atoms with van der Waals surface area (Å²) in [6.07, 6.45) is 2.25. The van der Waals surface area contributed by atoms with Crippen molar-refractivity contribution in [2.75, 3.05) is 31.6 Å². The zero-order valence-corrected chi connectivity index (χ0v) is 19.6. The molecule has 0 amide bonds. The summed E-state index contributed by atoms with van der Waals surface area (Å²) in [5.41, 5.74) is 2.16. The van der Waals surface area contributed by atoms with Crippen molar-refractivity contribution in [1.82, 2.24) is 15.8 Å². The summed E-state index contributed by atoms with van der Waals surface area (Å²) >= 11 is 1.82. The van der Waals surface area contributed by atoms with Crippen molar-refractivity contribution >= 4 is 46.3 Å². The molecule has 6 nitrogen and oxygen atoms in total. The highest BCUT2D eigenvalue weighted by molar-refractivity contribution is 14.0. The molecule has 1 unspecified atom stereocenters. The van der Waals surface area contributed by atoms with Gasteiger partial charge in [0.25, 0.3) is 0 Å². The number of rotatable bonds is 5. The van der Waals surface area contributed by atoms with E-state index in [0.29, 0.717) is 12.0 Å². The minimum atomic E-state index is 0. The number of nitrogens with one attached hydrogen (secondary N) is 2. The number of hydrogen-bond acceptors (Lipinski definition) is 5. The number of piperidine rings is 1. The molecule has 150 valence electrons. The van der Waals surface area contributed by atoms with Gasteiger partial charge in [-0.15, -0.1) is 35.3 Å². The van der Waals surface area contributed by atoms with E-state index in [2.05, 4.69) is 50.1 Å². The molecule has 8 heteroatoms. The first kappa shape index (κ1) is 22.0. The number of anilines is 1. The van der Waals surface area contributed by atoms with Gasteiger partial charge in [-0.2, -0.15) is 0 Å². The number of thiophene rings is 1. The molecule has 3 heterocycles. The van der Waals surface area contributed by atoms with Gasteiger partial charge in [0.1, 0.15) is 5.76 Å². The third-order valence-electron chi connectivity index (χ3n) is 5.03. The van der Waals surface area contributed by atoms with Crippen LogP contribution in [-0.2, 0) is 0 Å². The van der Waals surface area contributed by atoms with Gasteiger partial charge >= 0.3 is 0 Å². The molecule has 3 rings (SSSR count). The Morgan fingerprint density at radius 2 is 2.15 bits per heavy atom. The second-order valence-electron chi connectivity index (χ2n) is 6.95. The van der Waals surface area contributed by atoms with E-state index < -0.39 is 0 Å². The van der Waals surface area contributed by atoms with Crippen molar-refractivity contribution in [1.29, 1.82) is 0 Å². The maximum atomic E-state index is 5.28. The van der Waals surface area contributed by atoms with E-state index >= 15 is 0 Å². The summed E-state index contributed by atoms with van der Waals surface area (Å²) in [5, 5.41) is 14.6. The second kappa shape index (κ2) is 10.3. The van der Waals surface area contributed by atoms with Gasteiger partial charge in [0.2, 0.25) is 0 Å². The minimum absolute atomic E-state index is 0. The molecule has 0 bridgehead atoms. The summed E-state index contributed by atoms with van der Waals surface area (Å²) in [7, 11) is 1.83. The molecule has 1 aliphatic rings. The van der Waals surface area contributed by atoms with Crippen molar-refractivity contribution in [3.63, 3.8) is 0 Å². The van der Waals surface area contributed by atoms with E-state index in [1.807, 2.05) is 32.2 Å². The number of aryl methyl sites for hydroxylation is 2. The van der Waals surface area contributed by atoms with Crippen LogP contribution in [0.5, 0.6) is 0 Å². The van der Waals surface area contributed by atoms with Crippen LogP contribution in [0.15, 0.2) is 27.0 Å². The standard InChI is InChI=1S/C19H29N5OS.HI/c1-13(18-14(2)23-25-15(18)3)12-21-19(20-4)22-16-7-9-24(10-8-16)17-6-5-11-26-17;/h5-6,11,13,16H,7-10,12H2,1-4H3,(H2,20,21,22);1H. The van der Waals surface area contributed by atoms with Crippen LogP contribution < -0.4 is 15.5 Å². The third kappa shape index (κ3) is 5.60. The van der Waals surface area contributed by atoms with Crippen LogP contribution in [0.25, 0.3) is 0 Å². The number of guanidine groups is 1. The van der Waals surface area contributed by atoms with Gasteiger partial charge in [-0.25, -0.2) is 0 Å². The zero-order chi connectivity index (χ0) is 18.5. The lowest BCUT2D eigenvalue weighted by Gasteiger charge is -2.33. The van der Waals surface area contributed by atoms with Crippen molar-refractivity contribution in [2.24, 2.45) is 4.99 Å². The van der Waals surface area contributed by atoms with Crippen molar-refractivity contribution < 1.29 is 4.52 Å². The molecule has 0 aromatic carbocycles. The highest BCUT2D eigenvalue weighted by Crippen LogP contribution is 2.25. The lowest BCUT2D eigenvalue weighted by atomic mass is 9.99. The number of nitrogens with zero attached hydrogens (tertiary/aromatic N) is 3. The number of aromatic nitrogens is 1. The molecular weight excluding hydrogens is 473 g/mol. The van der Waals surface area contributed by atoms with Gasteiger partial charge in [-0.05, 0) is 44.2 Å². The summed E-state index contributed by atoms with van der Waals surface area (Å²) in [6.45, 7) is 9.13. The van der Waals surface area contributed by atoms with Crippen molar-refractivity contribution in [3.8, 4) is 0 Å². The molecule has 0 saturated carbocycles. The molecule has 2 aromatic heterocycles. The van der Waals surface area contributed by atoms with Gasteiger partial charge in [-0.3, -0.25) is 4.99 Å². The van der Waals surface area contributed by atoms with Gasteiger partial charge < -0.3 is 20.1 Å². The van der Waals surface area contributed by atoms with Gasteiger partial charge in [0, 0.05) is 44.2 Å². The predicted molar refractivity (Wildman–Crippen MR) is 124 cm³/mol. The van der Waals surface area contributed by atoms with E-state index in [-0.39, 0.29) is 24.0 Å². The van der Waals surface area contributed by atoms with Crippen LogP contribution in [0.2, 0.25) is 0 Å². The topological polar surface area (TPSA) is 65.7 Å². The fraction of sp³-hybridized carbons (Fsp3) is 0.579. The Hall–Kier alpha value is -1.29. The highest BCUT2D eigenvalue weighted by Gasteiger charge is 2.21. The average molecular weight is 503 g/mol. The molecule has 2 aromatic rings. The second-order valence-corrected chi connectivity index (χ2v) is 7.88. The SMILES string of the molecule is CN=C(NCC(C)c1c(C)noc1C)NC1CCN(c2cccs2)CC1.I. The van der Waals surface area contributed by atoms with Crippen molar-refractivity contribution in [2.45, 2.75) is 45.6 Å². The van der Waals surface area contributed by atoms with Crippen LogP contribution in [0, 0.1) is 13.8 Å². The normalized spacial score (nSPS) is 16.7. The molecule has 0 spiro atoms. The molecular formula is C19H30IN5OS. The Morgan fingerprint density at radius 1 is 1.41 bits per heavy atom. The minimum Gasteiger partial charge on any atom is -0.363 e. The quantitative estimate of drug-likeness (QED) is 0.368. The fourth-order valence-electron chi connectivity index (χ4n) is 3.63. The van der Waals surface area contributed by atoms with Crippen LogP contribution in [0.3, 0.4) is 0 Å². The first-order valence-electron chi connectivity index (χ1n) is 9.27. The Labute approximate surface area is 182 Å². The van der Waals surface area contributed by atoms with E-state index in [9.17, 15) is 0 Å². The van der Waals surface area contributed by atoms with E-state index in [1.165, 1.54) is 10.6 Å². The maximum absolute atomic E-state index is 5.28. The van der Waals surface area contributed by atoms with E-state index in [4.69, 9.17) is 4.52 Å². The third-order valence-corrected chi connectivity index (χ3v) is 5.96. The van der Waals surface area contributed by atoms with Gasteiger partial charge in [0.05, 0.1) is 10.7 Å². The van der Waals surface area contributed by atoms with Crippen molar-refractivity contribution in [3.05, 3.63) is 34.5 Å². The monoisotopic (exact) mass is 503 g/mol. The largest absolute Gasteiger partial charge is 0.363 e. The fourth-order valence-corrected chi connectivity index (χ4v) is 4.41. The van der Waals surface area contributed by atoms with E-state index in [1.54, 1.807) is 0 Å². The van der Waals surface area contributed by atoms with Crippen LogP contribution in [0.1, 0.15) is 42.7 Å². The summed E-state index contributed by atoms with van der Waals surface area (Å²) < 4.78 is 5.28. The Bertz CT molecular complexity index is 703. The smallest absolute Gasteiger partial charge is 0.191 e. The lowest BCUT2D eigenvalue weighted by Crippen LogP contribution is -2.49. The highest BCUT2D eigenvalue weighted by atomic mass is 127. The van der Waals surface area contributed by atoms with Crippen LogP contribution in [0.4, 0.5) is 5.00 Å². The molecule has 1 atom stereocenters. The molecule has 2 N–H and O–H groups in total. The molecule has 1 aliphatic heterocycles. The van der Waals surface area contributed by atoms with Gasteiger partial charge in [0.15, 0.2) is 5.96 Å². The van der Waals surface area contributed by atoms with Gasteiger partial charge in [-0.1, -0.05) is 12.1 Å². The first-order valence-corrected chi connectivity index (χ1v) is 10.1. The molecule has 27 heavy (non-hydrogen) atoms. The molecule has 0 aliphatic carbocycles. The Kier molecular flexibility index (Phi) is 8.40. The maximum Gasteiger partial charge on any atom is 0.191 e. The van der Waals surface area contributed by atoms with Crippen LogP contribution >= 0.6 is 35.3 Å². The molecule has 0 radical (unpaired) electrons. The average Bonchev–Trinajstić information content (AvgIpc) is 3.29. The zero-order valence-electron chi connectivity index (χ0n) is 16.5. The van der Waals surface area contributed by atoms with E-state index in [0.717, 1.165) is 49.9 Å². The Morgan fingerprint density at radius 3 is 2.70 bits per heavy atom.